The number of anilines is 1. The number of carbonyl (C=O) groups excluding carboxylic acids is 1. The van der Waals surface area contributed by atoms with Crippen molar-refractivity contribution in [3.05, 3.63) is 23.9 Å². The third kappa shape index (κ3) is 4.49. The summed E-state index contributed by atoms with van der Waals surface area (Å²) < 4.78 is 5.31. The van der Waals surface area contributed by atoms with Crippen LogP contribution in [0.3, 0.4) is 0 Å². The second-order valence-corrected chi connectivity index (χ2v) is 5.12. The Labute approximate surface area is 120 Å². The molecule has 0 aromatic carbocycles. The van der Waals surface area contributed by atoms with Gasteiger partial charge in [0.2, 0.25) is 0 Å². The normalized spacial score (nSPS) is 15.8. The van der Waals surface area contributed by atoms with Gasteiger partial charge in [0.25, 0.3) is 5.91 Å². The minimum absolute atomic E-state index is 0.0500. The Morgan fingerprint density at radius 3 is 2.85 bits per heavy atom. The van der Waals surface area contributed by atoms with Gasteiger partial charge in [-0.2, -0.15) is 0 Å². The number of aromatic nitrogens is 1. The molecule has 1 aromatic rings. The molecule has 1 fully saturated rings. The van der Waals surface area contributed by atoms with Crippen molar-refractivity contribution in [3.8, 4) is 0 Å². The minimum atomic E-state index is -0.0500. The van der Waals surface area contributed by atoms with Crippen molar-refractivity contribution in [2.24, 2.45) is 5.92 Å². The number of pyridine rings is 1. The standard InChI is InChI=1S/C15H23N3O2/c1-2-7-16-14-4-3-13(11-17-14)15(19)18-10-12-5-8-20-9-6-12/h3-4,11-12H,2,5-10H2,1H3,(H,16,17)(H,18,19). The molecular formula is C15H23N3O2. The van der Waals surface area contributed by atoms with Gasteiger partial charge in [-0.15, -0.1) is 0 Å². The van der Waals surface area contributed by atoms with Gasteiger partial charge >= 0.3 is 0 Å². The highest BCUT2D eigenvalue weighted by Crippen LogP contribution is 2.13. The second kappa shape index (κ2) is 7.85. The summed E-state index contributed by atoms with van der Waals surface area (Å²) in [5, 5.41) is 6.16. The predicted molar refractivity (Wildman–Crippen MR) is 78.9 cm³/mol. The van der Waals surface area contributed by atoms with Crippen LogP contribution in [0.25, 0.3) is 0 Å². The molecule has 0 aliphatic carbocycles. The predicted octanol–water partition coefficient (Wildman–Crippen LogP) is 2.06. The van der Waals surface area contributed by atoms with Crippen molar-refractivity contribution in [1.82, 2.24) is 10.3 Å². The molecule has 0 unspecified atom stereocenters. The van der Waals surface area contributed by atoms with Crippen LogP contribution in [0.1, 0.15) is 36.5 Å². The lowest BCUT2D eigenvalue weighted by molar-refractivity contribution is 0.0642. The molecule has 5 nitrogen and oxygen atoms in total. The van der Waals surface area contributed by atoms with E-state index in [-0.39, 0.29) is 5.91 Å². The van der Waals surface area contributed by atoms with Crippen LogP contribution in [0, 0.1) is 5.92 Å². The first-order valence-corrected chi connectivity index (χ1v) is 7.35. The molecule has 110 valence electrons. The van der Waals surface area contributed by atoms with Crippen LogP contribution < -0.4 is 10.6 Å². The highest BCUT2D eigenvalue weighted by molar-refractivity contribution is 5.94. The summed E-state index contributed by atoms with van der Waals surface area (Å²) in [5.74, 6) is 1.30. The molecule has 0 saturated carbocycles. The second-order valence-electron chi connectivity index (χ2n) is 5.12. The van der Waals surface area contributed by atoms with Gasteiger partial charge in [0, 0.05) is 32.5 Å². The van der Waals surface area contributed by atoms with Crippen LogP contribution in [0.5, 0.6) is 0 Å². The lowest BCUT2D eigenvalue weighted by Crippen LogP contribution is -2.32. The number of nitrogens with zero attached hydrogens (tertiary/aromatic N) is 1. The van der Waals surface area contributed by atoms with Gasteiger partial charge in [-0.25, -0.2) is 4.98 Å². The summed E-state index contributed by atoms with van der Waals surface area (Å²) in [4.78, 5) is 16.3. The third-order valence-corrected chi connectivity index (χ3v) is 3.47. The van der Waals surface area contributed by atoms with E-state index < -0.39 is 0 Å². The Balaban J connectivity index is 1.79. The Bertz CT molecular complexity index is 414. The number of ether oxygens (including phenoxy) is 1. The van der Waals surface area contributed by atoms with Crippen molar-refractivity contribution in [2.45, 2.75) is 26.2 Å². The van der Waals surface area contributed by atoms with Crippen molar-refractivity contribution in [1.29, 1.82) is 0 Å². The zero-order chi connectivity index (χ0) is 14.2. The summed E-state index contributed by atoms with van der Waals surface area (Å²) in [5.41, 5.74) is 0.610. The van der Waals surface area contributed by atoms with Gasteiger partial charge in [-0.05, 0) is 37.3 Å². The van der Waals surface area contributed by atoms with Crippen molar-refractivity contribution in [3.63, 3.8) is 0 Å². The number of carbonyl (C=O) groups is 1. The van der Waals surface area contributed by atoms with E-state index in [9.17, 15) is 4.79 Å². The molecule has 20 heavy (non-hydrogen) atoms. The van der Waals surface area contributed by atoms with E-state index in [1.165, 1.54) is 0 Å². The van der Waals surface area contributed by atoms with Crippen LogP contribution in [-0.4, -0.2) is 37.2 Å². The van der Waals surface area contributed by atoms with Crippen LogP contribution in [0.15, 0.2) is 18.3 Å². The van der Waals surface area contributed by atoms with Crippen LogP contribution in [-0.2, 0) is 4.74 Å². The summed E-state index contributed by atoms with van der Waals surface area (Å²) in [6.45, 7) is 5.32. The average Bonchev–Trinajstić information content (AvgIpc) is 2.52. The number of amides is 1. The van der Waals surface area contributed by atoms with Gasteiger partial charge in [-0.1, -0.05) is 6.92 Å². The SMILES string of the molecule is CCCNc1ccc(C(=O)NCC2CCOCC2)cn1. The van der Waals surface area contributed by atoms with Crippen molar-refractivity contribution >= 4 is 11.7 Å². The number of rotatable bonds is 6. The highest BCUT2D eigenvalue weighted by Gasteiger charge is 2.15. The van der Waals surface area contributed by atoms with E-state index >= 15 is 0 Å². The molecule has 2 N–H and O–H groups in total. The molecule has 1 saturated heterocycles. The van der Waals surface area contributed by atoms with Gasteiger partial charge in [0.15, 0.2) is 0 Å². The molecule has 0 bridgehead atoms. The topological polar surface area (TPSA) is 63.2 Å². The largest absolute Gasteiger partial charge is 0.381 e. The summed E-state index contributed by atoms with van der Waals surface area (Å²) >= 11 is 0. The molecular weight excluding hydrogens is 254 g/mol. The van der Waals surface area contributed by atoms with Gasteiger partial charge in [0.05, 0.1) is 5.56 Å². The van der Waals surface area contributed by atoms with E-state index in [1.54, 1.807) is 6.20 Å². The Kier molecular flexibility index (Phi) is 5.80. The lowest BCUT2D eigenvalue weighted by Gasteiger charge is -2.22. The smallest absolute Gasteiger partial charge is 0.252 e. The quantitative estimate of drug-likeness (QED) is 0.835. The van der Waals surface area contributed by atoms with E-state index in [2.05, 4.69) is 22.5 Å². The number of nitrogens with one attached hydrogen (secondary N) is 2. The molecule has 1 aromatic heterocycles. The molecule has 1 aliphatic rings. The fourth-order valence-electron chi connectivity index (χ4n) is 2.18. The Hall–Kier alpha value is -1.62. The first-order valence-electron chi connectivity index (χ1n) is 7.35. The minimum Gasteiger partial charge on any atom is -0.381 e. The third-order valence-electron chi connectivity index (χ3n) is 3.47. The molecule has 0 radical (unpaired) electrons. The maximum atomic E-state index is 12.0. The Morgan fingerprint density at radius 2 is 2.20 bits per heavy atom. The zero-order valence-electron chi connectivity index (χ0n) is 12.0. The van der Waals surface area contributed by atoms with Crippen LogP contribution >= 0.6 is 0 Å². The van der Waals surface area contributed by atoms with Gasteiger partial charge in [-0.3, -0.25) is 4.79 Å². The molecule has 1 amide bonds. The maximum absolute atomic E-state index is 12.0. The van der Waals surface area contributed by atoms with Crippen molar-refractivity contribution in [2.75, 3.05) is 31.6 Å². The van der Waals surface area contributed by atoms with Crippen LogP contribution in [0.2, 0.25) is 0 Å². The van der Waals surface area contributed by atoms with E-state index in [4.69, 9.17) is 4.74 Å². The molecule has 0 atom stereocenters. The summed E-state index contributed by atoms with van der Waals surface area (Å²) in [6, 6.07) is 3.66. The summed E-state index contributed by atoms with van der Waals surface area (Å²) in [6.07, 6.45) is 4.73. The Morgan fingerprint density at radius 1 is 1.40 bits per heavy atom. The molecule has 0 spiro atoms. The van der Waals surface area contributed by atoms with E-state index in [0.717, 1.165) is 51.4 Å². The molecule has 5 heteroatoms. The molecule has 1 aliphatic heterocycles. The highest BCUT2D eigenvalue weighted by atomic mass is 16.5. The van der Waals surface area contributed by atoms with E-state index in [0.29, 0.717) is 11.5 Å². The first-order chi connectivity index (χ1) is 9.79. The summed E-state index contributed by atoms with van der Waals surface area (Å²) in [7, 11) is 0. The zero-order valence-corrected chi connectivity index (χ0v) is 12.0. The molecule has 2 rings (SSSR count). The van der Waals surface area contributed by atoms with Crippen LogP contribution in [0.4, 0.5) is 5.82 Å². The fourth-order valence-corrected chi connectivity index (χ4v) is 2.18. The number of hydrogen-bond acceptors (Lipinski definition) is 4. The first kappa shape index (κ1) is 14.8. The van der Waals surface area contributed by atoms with E-state index in [1.807, 2.05) is 12.1 Å². The van der Waals surface area contributed by atoms with Crippen molar-refractivity contribution < 1.29 is 9.53 Å². The monoisotopic (exact) mass is 277 g/mol. The maximum Gasteiger partial charge on any atom is 0.252 e. The molecule has 2 heterocycles. The lowest BCUT2D eigenvalue weighted by atomic mass is 10.0. The number of hydrogen-bond donors (Lipinski definition) is 2. The fraction of sp³-hybridized carbons (Fsp3) is 0.600. The van der Waals surface area contributed by atoms with Gasteiger partial charge in [0.1, 0.15) is 5.82 Å². The van der Waals surface area contributed by atoms with Gasteiger partial charge < -0.3 is 15.4 Å². The average molecular weight is 277 g/mol.